The average molecular weight is 328 g/mol. The van der Waals surface area contributed by atoms with Crippen molar-refractivity contribution in [3.63, 3.8) is 0 Å². The van der Waals surface area contributed by atoms with Gasteiger partial charge in [-0.3, -0.25) is 0 Å². The number of anilines is 2. The highest BCUT2D eigenvalue weighted by Gasteiger charge is 2.21. The number of nitrogens with zero attached hydrogens (tertiary/aromatic N) is 6. The minimum atomic E-state index is 0.591. The molecule has 7 nitrogen and oxygen atoms in total. The monoisotopic (exact) mass is 328 g/mol. The van der Waals surface area contributed by atoms with E-state index in [0.29, 0.717) is 5.88 Å². The van der Waals surface area contributed by atoms with Gasteiger partial charge in [-0.05, 0) is 11.4 Å². The maximum absolute atomic E-state index is 5.17. The molecule has 0 spiro atoms. The van der Waals surface area contributed by atoms with Crippen LogP contribution in [0.15, 0.2) is 30.2 Å². The van der Waals surface area contributed by atoms with Crippen molar-refractivity contribution >= 4 is 33.2 Å². The first-order valence-corrected chi connectivity index (χ1v) is 8.27. The van der Waals surface area contributed by atoms with Gasteiger partial charge < -0.3 is 14.5 Å². The number of hydrogen-bond acceptors (Lipinski definition) is 8. The maximum Gasteiger partial charge on any atom is 0.218 e. The molecule has 3 aromatic heterocycles. The van der Waals surface area contributed by atoms with Crippen molar-refractivity contribution in [1.82, 2.24) is 19.9 Å². The predicted molar refractivity (Wildman–Crippen MR) is 90.4 cm³/mol. The van der Waals surface area contributed by atoms with Gasteiger partial charge in [0, 0.05) is 32.2 Å². The zero-order valence-electron chi connectivity index (χ0n) is 12.7. The first kappa shape index (κ1) is 14.1. The Morgan fingerprint density at radius 1 is 1.00 bits per heavy atom. The summed E-state index contributed by atoms with van der Waals surface area (Å²) < 4.78 is 5.17. The highest BCUT2D eigenvalue weighted by atomic mass is 32.1. The Labute approximate surface area is 137 Å². The predicted octanol–water partition coefficient (Wildman–Crippen LogP) is 1.82. The van der Waals surface area contributed by atoms with Crippen LogP contribution < -0.4 is 14.5 Å². The van der Waals surface area contributed by atoms with Crippen LogP contribution in [0.1, 0.15) is 0 Å². The van der Waals surface area contributed by atoms with E-state index in [4.69, 9.17) is 4.74 Å². The Bertz CT molecular complexity index is 814. The number of aromatic nitrogens is 4. The highest BCUT2D eigenvalue weighted by Crippen LogP contribution is 2.28. The van der Waals surface area contributed by atoms with Crippen molar-refractivity contribution in [1.29, 1.82) is 0 Å². The minimum absolute atomic E-state index is 0.591. The van der Waals surface area contributed by atoms with Gasteiger partial charge in [0.2, 0.25) is 5.88 Å². The lowest BCUT2D eigenvalue weighted by Gasteiger charge is -2.36. The first-order valence-electron chi connectivity index (χ1n) is 7.39. The van der Waals surface area contributed by atoms with Gasteiger partial charge in [-0.1, -0.05) is 0 Å². The quantitative estimate of drug-likeness (QED) is 0.726. The van der Waals surface area contributed by atoms with Gasteiger partial charge in [0.1, 0.15) is 29.1 Å². The number of methoxy groups -OCH3 is 1. The molecule has 0 N–H and O–H groups in total. The third-order valence-corrected chi connectivity index (χ3v) is 4.80. The van der Waals surface area contributed by atoms with Gasteiger partial charge in [-0.2, -0.15) is 0 Å². The number of hydrogen-bond donors (Lipinski definition) is 0. The molecule has 118 valence electrons. The third kappa shape index (κ3) is 2.65. The normalized spacial score (nSPS) is 15.2. The summed E-state index contributed by atoms with van der Waals surface area (Å²) in [5.74, 6) is 2.52. The zero-order chi connectivity index (χ0) is 15.6. The van der Waals surface area contributed by atoms with Crippen molar-refractivity contribution in [2.75, 3.05) is 43.1 Å². The lowest BCUT2D eigenvalue weighted by atomic mass is 10.2. The molecule has 4 rings (SSSR count). The molecule has 0 bridgehead atoms. The summed E-state index contributed by atoms with van der Waals surface area (Å²) in [6, 6.07) is 3.97. The molecule has 0 amide bonds. The van der Waals surface area contributed by atoms with E-state index in [-0.39, 0.29) is 0 Å². The highest BCUT2D eigenvalue weighted by molar-refractivity contribution is 7.16. The molecule has 1 fully saturated rings. The van der Waals surface area contributed by atoms with E-state index in [1.54, 1.807) is 31.1 Å². The van der Waals surface area contributed by atoms with Crippen LogP contribution in [0.3, 0.4) is 0 Å². The summed E-state index contributed by atoms with van der Waals surface area (Å²) >= 11 is 1.65. The molecule has 8 heteroatoms. The fraction of sp³-hybridized carbons (Fsp3) is 0.333. The van der Waals surface area contributed by atoms with Gasteiger partial charge in [-0.25, -0.2) is 19.9 Å². The molecule has 23 heavy (non-hydrogen) atoms. The van der Waals surface area contributed by atoms with E-state index < -0.39 is 0 Å². The minimum Gasteiger partial charge on any atom is -0.481 e. The Balaban J connectivity index is 1.51. The molecule has 3 aromatic rings. The van der Waals surface area contributed by atoms with E-state index >= 15 is 0 Å². The van der Waals surface area contributed by atoms with Crippen LogP contribution in [0, 0.1) is 0 Å². The Morgan fingerprint density at radius 2 is 1.78 bits per heavy atom. The van der Waals surface area contributed by atoms with E-state index in [9.17, 15) is 0 Å². The zero-order valence-corrected chi connectivity index (χ0v) is 13.5. The number of piperazine rings is 1. The maximum atomic E-state index is 5.17. The second-order valence-corrected chi connectivity index (χ2v) is 6.12. The van der Waals surface area contributed by atoms with E-state index in [1.807, 2.05) is 6.07 Å². The summed E-state index contributed by atoms with van der Waals surface area (Å²) in [7, 11) is 1.62. The molecule has 0 atom stereocenters. The average Bonchev–Trinajstić information content (AvgIpc) is 3.11. The fourth-order valence-corrected chi connectivity index (χ4v) is 3.52. The van der Waals surface area contributed by atoms with Crippen molar-refractivity contribution < 1.29 is 4.74 Å². The van der Waals surface area contributed by atoms with E-state index in [0.717, 1.165) is 48.0 Å². The number of rotatable bonds is 3. The number of thiophene rings is 1. The Hall–Kier alpha value is -2.48. The molecule has 1 aliphatic rings. The van der Waals surface area contributed by atoms with Gasteiger partial charge >= 0.3 is 0 Å². The van der Waals surface area contributed by atoms with Crippen LogP contribution in [-0.4, -0.2) is 53.2 Å². The second kappa shape index (κ2) is 5.96. The van der Waals surface area contributed by atoms with E-state index in [1.165, 1.54) is 0 Å². The third-order valence-electron chi connectivity index (χ3n) is 3.98. The largest absolute Gasteiger partial charge is 0.481 e. The topological polar surface area (TPSA) is 67.3 Å². The second-order valence-electron chi connectivity index (χ2n) is 5.23. The molecule has 0 saturated carbocycles. The number of fused-ring (bicyclic) bond motifs is 1. The van der Waals surface area contributed by atoms with Gasteiger partial charge in [0.25, 0.3) is 0 Å². The van der Waals surface area contributed by atoms with Crippen molar-refractivity contribution in [2.45, 2.75) is 0 Å². The SMILES string of the molecule is COc1cc(N2CCN(c3ncnc4sccc34)CC2)ncn1. The lowest BCUT2D eigenvalue weighted by Crippen LogP contribution is -2.47. The smallest absolute Gasteiger partial charge is 0.218 e. The molecule has 1 saturated heterocycles. The standard InChI is InChI=1S/C15H16N6OS/c1-22-13-8-12(16-9-17-13)20-3-5-21(6-4-20)14-11-2-7-23-15(11)19-10-18-14/h2,7-10H,3-6H2,1H3. The molecule has 0 unspecified atom stereocenters. The first-order chi connectivity index (χ1) is 11.3. The Morgan fingerprint density at radius 3 is 2.61 bits per heavy atom. The molecule has 4 heterocycles. The summed E-state index contributed by atoms with van der Waals surface area (Å²) in [4.78, 5) is 22.8. The van der Waals surface area contributed by atoms with Crippen molar-refractivity contribution in [3.05, 3.63) is 30.2 Å². The van der Waals surface area contributed by atoms with Crippen molar-refractivity contribution in [3.8, 4) is 5.88 Å². The molecule has 1 aliphatic heterocycles. The van der Waals surface area contributed by atoms with Crippen LogP contribution in [0.5, 0.6) is 5.88 Å². The van der Waals surface area contributed by atoms with Crippen LogP contribution in [0.4, 0.5) is 11.6 Å². The van der Waals surface area contributed by atoms with Crippen molar-refractivity contribution in [2.24, 2.45) is 0 Å². The fourth-order valence-electron chi connectivity index (χ4n) is 2.79. The van der Waals surface area contributed by atoms with Crippen LogP contribution in [0.25, 0.3) is 10.2 Å². The van der Waals surface area contributed by atoms with E-state index in [2.05, 4.69) is 41.2 Å². The van der Waals surface area contributed by atoms with Gasteiger partial charge in [0.15, 0.2) is 0 Å². The molecule has 0 radical (unpaired) electrons. The summed E-state index contributed by atoms with van der Waals surface area (Å²) in [6.45, 7) is 3.56. The van der Waals surface area contributed by atoms with Gasteiger partial charge in [-0.15, -0.1) is 11.3 Å². The number of ether oxygens (including phenoxy) is 1. The summed E-state index contributed by atoms with van der Waals surface area (Å²) in [5, 5.41) is 3.20. The van der Waals surface area contributed by atoms with Crippen LogP contribution in [-0.2, 0) is 0 Å². The summed E-state index contributed by atoms with van der Waals surface area (Å²) in [6.07, 6.45) is 3.19. The molecular formula is C15H16N6OS. The lowest BCUT2D eigenvalue weighted by molar-refractivity contribution is 0.396. The molecular weight excluding hydrogens is 312 g/mol. The van der Waals surface area contributed by atoms with Gasteiger partial charge in [0.05, 0.1) is 12.5 Å². The van der Waals surface area contributed by atoms with Crippen LogP contribution in [0.2, 0.25) is 0 Å². The van der Waals surface area contributed by atoms with Crippen LogP contribution >= 0.6 is 11.3 Å². The Kier molecular flexibility index (Phi) is 3.66. The molecule has 0 aliphatic carbocycles. The summed E-state index contributed by atoms with van der Waals surface area (Å²) in [5.41, 5.74) is 0. The molecule has 0 aromatic carbocycles.